The highest BCUT2D eigenvalue weighted by molar-refractivity contribution is 7.11. The van der Waals surface area contributed by atoms with E-state index in [1.54, 1.807) is 21.5 Å². The summed E-state index contributed by atoms with van der Waals surface area (Å²) in [5, 5.41) is 4.70. The van der Waals surface area contributed by atoms with Crippen molar-refractivity contribution in [3.8, 4) is 0 Å². The van der Waals surface area contributed by atoms with Crippen molar-refractivity contribution in [2.24, 2.45) is 0 Å². The quantitative estimate of drug-likeness (QED) is 0.408. The van der Waals surface area contributed by atoms with Gasteiger partial charge in [-0.2, -0.15) is 0 Å². The predicted molar refractivity (Wildman–Crippen MR) is 134 cm³/mol. The van der Waals surface area contributed by atoms with Gasteiger partial charge in [0.25, 0.3) is 0 Å². The molecule has 2 aliphatic rings. The lowest BCUT2D eigenvalue weighted by Crippen LogP contribution is -2.66. The van der Waals surface area contributed by atoms with Gasteiger partial charge < -0.3 is 0 Å². The van der Waals surface area contributed by atoms with Crippen LogP contribution in [0, 0.1) is 13.8 Å². The Morgan fingerprint density at radius 3 is 1.53 bits per heavy atom. The molecular weight excluding hydrogens is 376 g/mol. The Bertz CT molecular complexity index is 1150. The number of aryl methyl sites for hydroxylation is 2. The van der Waals surface area contributed by atoms with Gasteiger partial charge in [-0.1, -0.05) is 73.3 Å². The molecule has 30 heavy (non-hydrogen) atoms. The second-order valence-corrected chi connectivity index (χ2v) is 13.1. The van der Waals surface area contributed by atoms with E-state index in [4.69, 9.17) is 0 Å². The lowest BCUT2D eigenvalue weighted by molar-refractivity contribution is 1.29. The zero-order valence-corrected chi connectivity index (χ0v) is 19.8. The van der Waals surface area contributed by atoms with Crippen LogP contribution in [0.2, 0.25) is 6.55 Å². The number of allylic oxidation sites excluding steroid dienone is 4. The van der Waals surface area contributed by atoms with Crippen LogP contribution >= 0.6 is 0 Å². The lowest BCUT2D eigenvalue weighted by Gasteiger charge is -2.34. The molecule has 150 valence electrons. The SMILES string of the molecule is CC1=CCc2c([Si](C)(c3ccccc3)c3ccc(C)c4c3CC=C4C)ccc(C)c21. The molecule has 0 heterocycles. The summed E-state index contributed by atoms with van der Waals surface area (Å²) in [6, 6.07) is 21.0. The van der Waals surface area contributed by atoms with E-state index >= 15 is 0 Å². The molecule has 0 saturated heterocycles. The summed E-state index contributed by atoms with van der Waals surface area (Å²) in [5.74, 6) is 0. The molecule has 0 atom stereocenters. The fourth-order valence-corrected chi connectivity index (χ4v) is 10.2. The van der Waals surface area contributed by atoms with Crippen LogP contribution in [0.5, 0.6) is 0 Å². The number of rotatable bonds is 3. The maximum Gasteiger partial charge on any atom is 0.146 e. The van der Waals surface area contributed by atoms with Crippen LogP contribution in [0.15, 0.2) is 66.7 Å². The standard InChI is InChI=1S/C29H30Si/c1-19-11-15-24-26(17-13-21(3)28(19)24)30(5,23-9-7-6-8-10-23)27-18-14-22(4)29-20(2)12-16-25(27)29/h6-14,17-18H,15-16H2,1-5H3. The normalized spacial score (nSPS) is 15.0. The van der Waals surface area contributed by atoms with Gasteiger partial charge in [-0.05, 0) is 101 Å². The van der Waals surface area contributed by atoms with E-state index in [-0.39, 0.29) is 0 Å². The van der Waals surface area contributed by atoms with Crippen LogP contribution in [-0.2, 0) is 12.8 Å². The van der Waals surface area contributed by atoms with E-state index in [2.05, 4.69) is 101 Å². The van der Waals surface area contributed by atoms with Crippen LogP contribution in [0.4, 0.5) is 0 Å². The van der Waals surface area contributed by atoms with Crippen LogP contribution in [0.3, 0.4) is 0 Å². The van der Waals surface area contributed by atoms with Crippen molar-refractivity contribution in [3.05, 3.63) is 100 Å². The Morgan fingerprint density at radius 1 is 0.600 bits per heavy atom. The second kappa shape index (κ2) is 6.96. The minimum absolute atomic E-state index is 1.07. The average molecular weight is 407 g/mol. The highest BCUT2D eigenvalue weighted by Gasteiger charge is 2.40. The lowest BCUT2D eigenvalue weighted by atomic mass is 10.0. The molecule has 0 amide bonds. The first-order valence-electron chi connectivity index (χ1n) is 11.1. The van der Waals surface area contributed by atoms with Crippen LogP contribution in [-0.4, -0.2) is 8.07 Å². The van der Waals surface area contributed by atoms with Crippen molar-refractivity contribution in [3.63, 3.8) is 0 Å². The summed E-state index contributed by atoms with van der Waals surface area (Å²) < 4.78 is 0. The van der Waals surface area contributed by atoms with Crippen LogP contribution in [0.1, 0.15) is 47.2 Å². The fraction of sp³-hybridized carbons (Fsp3) is 0.241. The van der Waals surface area contributed by atoms with Gasteiger partial charge in [-0.15, -0.1) is 0 Å². The Balaban J connectivity index is 1.85. The van der Waals surface area contributed by atoms with E-state index in [0.717, 1.165) is 12.8 Å². The van der Waals surface area contributed by atoms with Crippen molar-refractivity contribution in [1.82, 2.24) is 0 Å². The Kier molecular flexibility index (Phi) is 4.48. The highest BCUT2D eigenvalue weighted by atomic mass is 28.3. The number of benzene rings is 3. The highest BCUT2D eigenvalue weighted by Crippen LogP contribution is 2.33. The van der Waals surface area contributed by atoms with Gasteiger partial charge in [0.2, 0.25) is 0 Å². The topological polar surface area (TPSA) is 0 Å². The number of fused-ring (bicyclic) bond motifs is 2. The van der Waals surface area contributed by atoms with Gasteiger partial charge in [0.1, 0.15) is 8.07 Å². The molecule has 0 unspecified atom stereocenters. The molecule has 0 bridgehead atoms. The third-order valence-corrected chi connectivity index (χ3v) is 12.1. The predicted octanol–water partition coefficient (Wildman–Crippen LogP) is 5.32. The molecule has 1 heteroatoms. The average Bonchev–Trinajstić information content (AvgIpc) is 3.33. The van der Waals surface area contributed by atoms with Gasteiger partial charge in [-0.25, -0.2) is 0 Å². The van der Waals surface area contributed by atoms with E-state index in [1.165, 1.54) is 38.6 Å². The summed E-state index contributed by atoms with van der Waals surface area (Å²) in [4.78, 5) is 0. The smallest absolute Gasteiger partial charge is 0.0766 e. The van der Waals surface area contributed by atoms with Crippen molar-refractivity contribution in [2.45, 2.75) is 47.1 Å². The zero-order chi connectivity index (χ0) is 21.0. The van der Waals surface area contributed by atoms with Gasteiger partial charge in [0.05, 0.1) is 0 Å². The van der Waals surface area contributed by atoms with Gasteiger partial charge in [0.15, 0.2) is 0 Å². The van der Waals surface area contributed by atoms with E-state index in [9.17, 15) is 0 Å². The maximum atomic E-state index is 2.58. The fourth-order valence-electron chi connectivity index (χ4n) is 5.93. The van der Waals surface area contributed by atoms with Crippen LogP contribution in [0.25, 0.3) is 11.1 Å². The van der Waals surface area contributed by atoms with E-state index in [0.29, 0.717) is 0 Å². The van der Waals surface area contributed by atoms with E-state index < -0.39 is 8.07 Å². The Morgan fingerprint density at radius 2 is 1.07 bits per heavy atom. The van der Waals surface area contributed by atoms with E-state index in [1.807, 2.05) is 0 Å². The Labute approximate surface area is 182 Å². The molecule has 5 rings (SSSR count). The molecule has 0 N–H and O–H groups in total. The van der Waals surface area contributed by atoms with Crippen molar-refractivity contribution < 1.29 is 0 Å². The first kappa shape index (κ1) is 19.3. The third-order valence-electron chi connectivity index (χ3n) is 7.48. The molecule has 0 spiro atoms. The molecule has 2 aliphatic carbocycles. The number of hydrogen-bond donors (Lipinski definition) is 0. The first-order chi connectivity index (χ1) is 14.4. The number of hydrogen-bond acceptors (Lipinski definition) is 0. The second-order valence-electron chi connectivity index (χ2n) is 9.24. The van der Waals surface area contributed by atoms with Gasteiger partial charge >= 0.3 is 0 Å². The third kappa shape index (κ3) is 2.65. The minimum Gasteiger partial charge on any atom is -0.0766 e. The molecule has 0 fully saturated rings. The molecule has 3 aromatic carbocycles. The largest absolute Gasteiger partial charge is 0.146 e. The molecule has 3 aromatic rings. The van der Waals surface area contributed by atoms with Gasteiger partial charge in [-0.3, -0.25) is 0 Å². The summed E-state index contributed by atoms with van der Waals surface area (Å²) in [7, 11) is -2.16. The summed E-state index contributed by atoms with van der Waals surface area (Å²) in [5.41, 5.74) is 11.9. The molecule has 0 aliphatic heterocycles. The maximum absolute atomic E-state index is 2.58. The first-order valence-corrected chi connectivity index (χ1v) is 13.6. The van der Waals surface area contributed by atoms with Crippen molar-refractivity contribution in [2.75, 3.05) is 0 Å². The molecule has 0 nitrogen and oxygen atoms in total. The zero-order valence-electron chi connectivity index (χ0n) is 18.8. The summed E-state index contributed by atoms with van der Waals surface area (Å²) >= 11 is 0. The van der Waals surface area contributed by atoms with Crippen molar-refractivity contribution in [1.29, 1.82) is 0 Å². The van der Waals surface area contributed by atoms with Gasteiger partial charge in [0, 0.05) is 0 Å². The van der Waals surface area contributed by atoms with Crippen LogP contribution < -0.4 is 15.6 Å². The van der Waals surface area contributed by atoms with Crippen molar-refractivity contribution >= 4 is 34.8 Å². The Hall–Kier alpha value is -2.64. The molecule has 0 saturated carbocycles. The molecule has 0 aromatic heterocycles. The monoisotopic (exact) mass is 406 g/mol. The molecule has 0 radical (unpaired) electrons. The minimum atomic E-state index is -2.16. The molecular formula is C29H30Si. The summed E-state index contributed by atoms with van der Waals surface area (Å²) in [6.45, 7) is 11.7. The summed E-state index contributed by atoms with van der Waals surface area (Å²) in [6.07, 6.45) is 6.98.